The molecule has 0 radical (unpaired) electrons. The molecule has 6 heteroatoms. The molecule has 0 aliphatic rings. The smallest absolute Gasteiger partial charge is 0.338 e. The highest BCUT2D eigenvalue weighted by Crippen LogP contribution is 2.34. The molecule has 1 aromatic carbocycles. The summed E-state index contributed by atoms with van der Waals surface area (Å²) in [6, 6.07) is 3.28. The van der Waals surface area contributed by atoms with Crippen molar-refractivity contribution in [1.82, 2.24) is 4.98 Å². The van der Waals surface area contributed by atoms with Gasteiger partial charge < -0.3 is 14.6 Å². The average Bonchev–Trinajstić information content (AvgIpc) is 3.10. The Balaban J connectivity index is 2.54. The van der Waals surface area contributed by atoms with Gasteiger partial charge in [-0.15, -0.1) is 11.3 Å². The van der Waals surface area contributed by atoms with Crippen molar-refractivity contribution in [2.45, 2.75) is 20.3 Å². The Morgan fingerprint density at radius 3 is 2.64 bits per heavy atom. The fraction of sp³-hybridized carbons (Fsp3) is 0.263. The number of phenolic OH excluding ortho intramolecular Hbond substituents is 1. The Morgan fingerprint density at radius 2 is 2.08 bits per heavy atom. The van der Waals surface area contributed by atoms with Gasteiger partial charge in [0, 0.05) is 17.1 Å². The summed E-state index contributed by atoms with van der Waals surface area (Å²) < 4.78 is 10.3. The first-order valence-electron chi connectivity index (χ1n) is 7.69. The maximum absolute atomic E-state index is 12.2. The summed E-state index contributed by atoms with van der Waals surface area (Å²) in [5.41, 5.74) is 2.63. The monoisotopic (exact) mass is 359 g/mol. The highest BCUT2D eigenvalue weighted by molar-refractivity contribution is 7.10. The molecule has 0 aliphatic carbocycles. The minimum Gasteiger partial charge on any atom is -0.507 e. The highest BCUT2D eigenvalue weighted by Gasteiger charge is 2.18. The topological polar surface area (TPSA) is 68.7 Å². The minimum absolute atomic E-state index is 0.0702. The number of aromatic nitrogens is 1. The largest absolute Gasteiger partial charge is 0.507 e. The van der Waals surface area contributed by atoms with Crippen LogP contribution in [0, 0.1) is 0 Å². The lowest BCUT2D eigenvalue weighted by Crippen LogP contribution is -2.05. The van der Waals surface area contributed by atoms with Gasteiger partial charge in [-0.1, -0.05) is 11.6 Å². The molecule has 0 unspecified atom stereocenters. The van der Waals surface area contributed by atoms with Crippen LogP contribution in [-0.2, 0) is 16.0 Å². The summed E-state index contributed by atoms with van der Waals surface area (Å²) in [6.45, 7) is 3.98. The van der Waals surface area contributed by atoms with Gasteiger partial charge in [0.1, 0.15) is 16.5 Å². The third kappa shape index (κ3) is 4.70. The molecule has 25 heavy (non-hydrogen) atoms. The number of benzene rings is 1. The number of nitrogens with zero attached hydrogens (tertiary/aromatic N) is 1. The van der Waals surface area contributed by atoms with E-state index in [1.807, 2.05) is 25.3 Å². The quantitative estimate of drug-likeness (QED) is 0.478. The number of hydrogen-bond donors (Lipinski definition) is 1. The molecule has 0 aliphatic heterocycles. The molecule has 2 rings (SSSR count). The SMILES string of the molecule is COC(=O)/C(=C/c1nccs1)c1cc(O)c(CC=C(C)C)c(OC)c1. The maximum atomic E-state index is 12.2. The van der Waals surface area contributed by atoms with E-state index < -0.39 is 5.97 Å². The third-order valence-electron chi connectivity index (χ3n) is 3.56. The van der Waals surface area contributed by atoms with Crippen molar-refractivity contribution in [3.05, 3.63) is 51.5 Å². The molecule has 0 fully saturated rings. The first-order chi connectivity index (χ1) is 12.0. The van der Waals surface area contributed by atoms with Gasteiger partial charge in [0.25, 0.3) is 0 Å². The van der Waals surface area contributed by atoms with Crippen molar-refractivity contribution in [2.24, 2.45) is 0 Å². The van der Waals surface area contributed by atoms with Crippen LogP contribution in [0.5, 0.6) is 11.5 Å². The second kappa shape index (κ2) is 8.48. The van der Waals surface area contributed by atoms with Gasteiger partial charge in [0.15, 0.2) is 0 Å². The zero-order valence-corrected chi connectivity index (χ0v) is 15.5. The van der Waals surface area contributed by atoms with Gasteiger partial charge in [-0.3, -0.25) is 0 Å². The zero-order chi connectivity index (χ0) is 18.4. The van der Waals surface area contributed by atoms with Gasteiger partial charge in [-0.05, 0) is 44.0 Å². The minimum atomic E-state index is -0.506. The number of allylic oxidation sites excluding steroid dienone is 2. The molecule has 0 atom stereocenters. The van der Waals surface area contributed by atoms with E-state index in [2.05, 4.69) is 4.98 Å². The molecule has 0 bridgehead atoms. The van der Waals surface area contributed by atoms with E-state index in [1.165, 1.54) is 25.6 Å². The third-order valence-corrected chi connectivity index (χ3v) is 4.28. The summed E-state index contributed by atoms with van der Waals surface area (Å²) in [4.78, 5) is 16.4. The summed E-state index contributed by atoms with van der Waals surface area (Å²) in [5, 5.41) is 12.9. The average molecular weight is 359 g/mol. The molecule has 1 aromatic heterocycles. The number of methoxy groups -OCH3 is 2. The van der Waals surface area contributed by atoms with E-state index in [9.17, 15) is 9.90 Å². The Morgan fingerprint density at radius 1 is 1.32 bits per heavy atom. The number of aromatic hydroxyl groups is 1. The molecule has 0 spiro atoms. The summed E-state index contributed by atoms with van der Waals surface area (Å²) in [6.07, 6.45) is 5.84. The molecule has 1 heterocycles. The molecule has 5 nitrogen and oxygen atoms in total. The molecule has 0 saturated carbocycles. The predicted molar refractivity (Wildman–Crippen MR) is 99.8 cm³/mol. The molecule has 1 N–H and O–H groups in total. The van der Waals surface area contributed by atoms with Crippen molar-refractivity contribution in [2.75, 3.05) is 14.2 Å². The lowest BCUT2D eigenvalue weighted by molar-refractivity contribution is -0.133. The van der Waals surface area contributed by atoms with Crippen LogP contribution >= 0.6 is 11.3 Å². The van der Waals surface area contributed by atoms with E-state index in [1.54, 1.807) is 24.4 Å². The van der Waals surface area contributed by atoms with E-state index in [0.717, 1.165) is 5.57 Å². The number of esters is 1. The van der Waals surface area contributed by atoms with Crippen molar-refractivity contribution >= 4 is 29.0 Å². The fourth-order valence-corrected chi connectivity index (χ4v) is 2.85. The maximum Gasteiger partial charge on any atom is 0.338 e. The van der Waals surface area contributed by atoms with Gasteiger partial charge in [-0.25, -0.2) is 9.78 Å². The van der Waals surface area contributed by atoms with Gasteiger partial charge >= 0.3 is 5.97 Å². The first kappa shape index (κ1) is 18.7. The number of ether oxygens (including phenoxy) is 2. The standard InChI is InChI=1S/C19H21NO4S/c1-12(2)5-6-14-16(21)9-13(10-17(14)23-3)15(19(22)24-4)11-18-20-7-8-25-18/h5,7-11,21H,6H2,1-4H3/b15-11+. The summed E-state index contributed by atoms with van der Waals surface area (Å²) >= 11 is 1.41. The van der Waals surface area contributed by atoms with Crippen LogP contribution in [0.1, 0.15) is 30.0 Å². The van der Waals surface area contributed by atoms with Crippen LogP contribution in [-0.4, -0.2) is 30.3 Å². The molecule has 0 amide bonds. The zero-order valence-electron chi connectivity index (χ0n) is 14.7. The fourth-order valence-electron chi connectivity index (χ4n) is 2.28. The lowest BCUT2D eigenvalue weighted by atomic mass is 9.99. The Kier molecular flexibility index (Phi) is 6.36. The molecule has 132 valence electrons. The second-order valence-electron chi connectivity index (χ2n) is 5.58. The van der Waals surface area contributed by atoms with Crippen molar-refractivity contribution in [3.63, 3.8) is 0 Å². The Bertz CT molecular complexity index is 803. The number of rotatable bonds is 6. The molecule has 0 saturated heterocycles. The number of carbonyl (C=O) groups excluding carboxylic acids is 1. The van der Waals surface area contributed by atoms with Gasteiger partial charge in [0.05, 0.1) is 19.8 Å². The van der Waals surface area contributed by atoms with E-state index in [0.29, 0.717) is 33.9 Å². The predicted octanol–water partition coefficient (Wildman–Crippen LogP) is 4.08. The molecular weight excluding hydrogens is 338 g/mol. The van der Waals surface area contributed by atoms with E-state index >= 15 is 0 Å². The number of phenols is 1. The number of thiazole rings is 1. The molecular formula is C19H21NO4S. The number of carbonyl (C=O) groups is 1. The van der Waals surface area contributed by atoms with Crippen LogP contribution in [0.4, 0.5) is 0 Å². The van der Waals surface area contributed by atoms with Crippen molar-refractivity contribution in [1.29, 1.82) is 0 Å². The van der Waals surface area contributed by atoms with Gasteiger partial charge in [0.2, 0.25) is 0 Å². The summed E-state index contributed by atoms with van der Waals surface area (Å²) in [5.74, 6) is 0.0796. The highest BCUT2D eigenvalue weighted by atomic mass is 32.1. The number of hydrogen-bond acceptors (Lipinski definition) is 6. The van der Waals surface area contributed by atoms with Crippen LogP contribution in [0.3, 0.4) is 0 Å². The lowest BCUT2D eigenvalue weighted by Gasteiger charge is -2.13. The summed E-state index contributed by atoms with van der Waals surface area (Å²) in [7, 11) is 2.85. The van der Waals surface area contributed by atoms with E-state index in [4.69, 9.17) is 9.47 Å². The normalized spacial score (nSPS) is 11.1. The van der Waals surface area contributed by atoms with Crippen molar-refractivity contribution in [3.8, 4) is 11.5 Å². The van der Waals surface area contributed by atoms with Gasteiger partial charge in [-0.2, -0.15) is 0 Å². The Hall–Kier alpha value is -2.60. The Labute approximate surface area is 151 Å². The second-order valence-corrected chi connectivity index (χ2v) is 6.51. The first-order valence-corrected chi connectivity index (χ1v) is 8.57. The molecule has 2 aromatic rings. The van der Waals surface area contributed by atoms with Crippen LogP contribution in [0.2, 0.25) is 0 Å². The van der Waals surface area contributed by atoms with Crippen molar-refractivity contribution < 1.29 is 19.4 Å². The van der Waals surface area contributed by atoms with Crippen LogP contribution in [0.25, 0.3) is 11.6 Å². The van der Waals surface area contributed by atoms with Crippen LogP contribution < -0.4 is 4.74 Å². The van der Waals surface area contributed by atoms with Crippen LogP contribution in [0.15, 0.2) is 35.4 Å². The van der Waals surface area contributed by atoms with E-state index in [-0.39, 0.29) is 5.75 Å².